The smallest absolute Gasteiger partial charge is 0.127 e. The molecule has 2 nitrogen and oxygen atoms in total. The second kappa shape index (κ2) is 7.83. The molecule has 0 aromatic heterocycles. The Morgan fingerprint density at radius 1 is 0.769 bits per heavy atom. The fourth-order valence-electron chi connectivity index (χ4n) is 2.75. The van der Waals surface area contributed by atoms with Crippen molar-refractivity contribution >= 4 is 17.5 Å². The van der Waals surface area contributed by atoms with Crippen molar-refractivity contribution in [2.24, 2.45) is 10.9 Å². The van der Waals surface area contributed by atoms with Crippen LogP contribution in [0.4, 0.5) is 5.69 Å². The zero-order valence-corrected chi connectivity index (χ0v) is 14.6. The second-order valence-electron chi connectivity index (χ2n) is 6.46. The van der Waals surface area contributed by atoms with E-state index in [2.05, 4.69) is 36.4 Å². The van der Waals surface area contributed by atoms with Gasteiger partial charge in [-0.05, 0) is 60.9 Å². The molecule has 1 fully saturated rings. The molecule has 0 atom stereocenters. The third kappa shape index (κ3) is 4.48. The summed E-state index contributed by atoms with van der Waals surface area (Å²) in [5, 5.41) is 0. The third-order valence-electron chi connectivity index (χ3n) is 4.32. The van der Waals surface area contributed by atoms with Gasteiger partial charge in [0.1, 0.15) is 11.5 Å². The number of para-hydroxylation sites is 1. The topological polar surface area (TPSA) is 21.6 Å². The molecule has 0 N–H and O–H groups in total. The predicted octanol–water partition coefficient (Wildman–Crippen LogP) is 6.67. The van der Waals surface area contributed by atoms with Gasteiger partial charge in [0, 0.05) is 11.6 Å². The molecule has 0 aliphatic heterocycles. The van der Waals surface area contributed by atoms with E-state index >= 15 is 0 Å². The van der Waals surface area contributed by atoms with Crippen LogP contribution in [0.1, 0.15) is 18.4 Å². The maximum atomic E-state index is 5.84. The molecule has 0 saturated heterocycles. The molecule has 0 spiro atoms. The minimum atomic E-state index is 0.593. The van der Waals surface area contributed by atoms with Gasteiger partial charge in [-0.15, -0.1) is 0 Å². The van der Waals surface area contributed by atoms with Gasteiger partial charge >= 0.3 is 0 Å². The molecule has 0 heterocycles. The quantitative estimate of drug-likeness (QED) is 0.459. The second-order valence-corrected chi connectivity index (χ2v) is 6.46. The first-order valence-electron chi connectivity index (χ1n) is 9.01. The molecular weight excluding hydrogens is 318 g/mol. The molecule has 0 radical (unpaired) electrons. The van der Waals surface area contributed by atoms with E-state index in [1.165, 1.54) is 18.4 Å². The first kappa shape index (κ1) is 16.3. The van der Waals surface area contributed by atoms with Crippen LogP contribution in [0.15, 0.2) is 96.0 Å². The Kier molecular flexibility index (Phi) is 4.92. The lowest BCUT2D eigenvalue weighted by Gasteiger charge is -2.06. The molecule has 4 rings (SSSR count). The summed E-state index contributed by atoms with van der Waals surface area (Å²) in [5.41, 5.74) is 3.32. The number of ether oxygens (including phenoxy) is 1. The van der Waals surface area contributed by atoms with Crippen LogP contribution in [-0.2, 0) is 0 Å². The number of hydrogen-bond donors (Lipinski definition) is 0. The van der Waals surface area contributed by atoms with Gasteiger partial charge < -0.3 is 4.74 Å². The highest BCUT2D eigenvalue weighted by molar-refractivity contribution is 6.02. The zero-order chi connectivity index (χ0) is 17.6. The van der Waals surface area contributed by atoms with Crippen molar-refractivity contribution in [1.29, 1.82) is 0 Å². The number of aliphatic imine (C=N–C) groups is 1. The average Bonchev–Trinajstić information content (AvgIpc) is 3.53. The summed E-state index contributed by atoms with van der Waals surface area (Å²) in [4.78, 5) is 4.86. The van der Waals surface area contributed by atoms with E-state index in [4.69, 9.17) is 9.73 Å². The van der Waals surface area contributed by atoms with Gasteiger partial charge in [0.05, 0.1) is 5.69 Å². The summed E-state index contributed by atoms with van der Waals surface area (Å²) in [6.07, 6.45) is 6.76. The van der Waals surface area contributed by atoms with Crippen molar-refractivity contribution in [3.05, 3.63) is 96.6 Å². The van der Waals surface area contributed by atoms with Crippen LogP contribution in [0.25, 0.3) is 6.08 Å². The van der Waals surface area contributed by atoms with Crippen molar-refractivity contribution in [2.45, 2.75) is 12.8 Å². The van der Waals surface area contributed by atoms with Crippen LogP contribution in [0, 0.1) is 5.92 Å². The van der Waals surface area contributed by atoms with Gasteiger partial charge in [-0.1, -0.05) is 54.6 Å². The van der Waals surface area contributed by atoms with Gasteiger partial charge in [-0.2, -0.15) is 0 Å². The van der Waals surface area contributed by atoms with Crippen LogP contribution >= 0.6 is 0 Å². The fraction of sp³-hybridized carbons (Fsp3) is 0.125. The Hall–Kier alpha value is -3.13. The van der Waals surface area contributed by atoms with E-state index in [-0.39, 0.29) is 0 Å². The lowest BCUT2D eigenvalue weighted by Crippen LogP contribution is -1.95. The van der Waals surface area contributed by atoms with Gasteiger partial charge in [-0.3, -0.25) is 4.99 Å². The molecule has 1 aliphatic carbocycles. The van der Waals surface area contributed by atoms with Crippen molar-refractivity contribution in [3.8, 4) is 11.5 Å². The van der Waals surface area contributed by atoms with Crippen molar-refractivity contribution in [2.75, 3.05) is 0 Å². The van der Waals surface area contributed by atoms with Gasteiger partial charge in [0.15, 0.2) is 0 Å². The summed E-state index contributed by atoms with van der Waals surface area (Å²) < 4.78 is 5.84. The first-order valence-corrected chi connectivity index (χ1v) is 9.01. The van der Waals surface area contributed by atoms with E-state index in [0.717, 1.165) is 22.9 Å². The average molecular weight is 339 g/mol. The zero-order valence-electron chi connectivity index (χ0n) is 14.6. The lowest BCUT2D eigenvalue weighted by molar-refractivity contribution is 0.483. The lowest BCUT2D eigenvalue weighted by atomic mass is 10.1. The largest absolute Gasteiger partial charge is 0.457 e. The molecule has 3 aromatic rings. The molecule has 0 amide bonds. The SMILES string of the molecule is C(=C\c1ccccc1)/C(=Nc1ccc(Oc2ccccc2)cc1)C1CC1. The molecule has 0 unspecified atom stereocenters. The van der Waals surface area contributed by atoms with Gasteiger partial charge in [0.25, 0.3) is 0 Å². The molecule has 0 bridgehead atoms. The van der Waals surface area contributed by atoms with E-state index < -0.39 is 0 Å². The Balaban J connectivity index is 1.49. The first-order chi connectivity index (χ1) is 12.9. The van der Waals surface area contributed by atoms with Crippen LogP contribution in [-0.4, -0.2) is 5.71 Å². The fourth-order valence-corrected chi connectivity index (χ4v) is 2.75. The van der Waals surface area contributed by atoms with Crippen molar-refractivity contribution < 1.29 is 4.74 Å². The molecular formula is C24H21NO. The maximum Gasteiger partial charge on any atom is 0.127 e. The Bertz CT molecular complexity index is 892. The molecule has 26 heavy (non-hydrogen) atoms. The summed E-state index contributed by atoms with van der Waals surface area (Å²) in [7, 11) is 0. The Labute approximate surface area is 154 Å². The summed E-state index contributed by atoms with van der Waals surface area (Å²) in [6, 6.07) is 28.1. The van der Waals surface area contributed by atoms with E-state index in [1.807, 2.05) is 60.7 Å². The van der Waals surface area contributed by atoms with Gasteiger partial charge in [-0.25, -0.2) is 0 Å². The van der Waals surface area contributed by atoms with Crippen molar-refractivity contribution in [3.63, 3.8) is 0 Å². The number of benzene rings is 3. The highest BCUT2D eigenvalue weighted by Gasteiger charge is 2.25. The third-order valence-corrected chi connectivity index (χ3v) is 4.32. The minimum absolute atomic E-state index is 0.593. The Morgan fingerprint density at radius 2 is 1.38 bits per heavy atom. The monoisotopic (exact) mass is 339 g/mol. The normalized spacial score (nSPS) is 14.5. The number of rotatable bonds is 6. The number of hydrogen-bond acceptors (Lipinski definition) is 2. The molecule has 3 aromatic carbocycles. The summed E-state index contributed by atoms with van der Waals surface area (Å²) >= 11 is 0. The van der Waals surface area contributed by atoms with Crippen LogP contribution in [0.2, 0.25) is 0 Å². The summed E-state index contributed by atoms with van der Waals surface area (Å²) in [5.74, 6) is 2.26. The maximum absolute atomic E-state index is 5.84. The number of allylic oxidation sites excluding steroid dienone is 1. The van der Waals surface area contributed by atoms with Crippen molar-refractivity contribution in [1.82, 2.24) is 0 Å². The predicted molar refractivity (Wildman–Crippen MR) is 108 cm³/mol. The highest BCUT2D eigenvalue weighted by atomic mass is 16.5. The molecule has 2 heteroatoms. The molecule has 1 aliphatic rings. The van der Waals surface area contributed by atoms with E-state index in [0.29, 0.717) is 5.92 Å². The van der Waals surface area contributed by atoms with Gasteiger partial charge in [0.2, 0.25) is 0 Å². The Morgan fingerprint density at radius 3 is 2.04 bits per heavy atom. The van der Waals surface area contributed by atoms with Crippen LogP contribution < -0.4 is 4.74 Å². The van der Waals surface area contributed by atoms with Crippen LogP contribution in [0.3, 0.4) is 0 Å². The minimum Gasteiger partial charge on any atom is -0.457 e. The van der Waals surface area contributed by atoms with Crippen LogP contribution in [0.5, 0.6) is 11.5 Å². The summed E-state index contributed by atoms with van der Waals surface area (Å²) in [6.45, 7) is 0. The number of nitrogens with zero attached hydrogens (tertiary/aromatic N) is 1. The van der Waals surface area contributed by atoms with E-state index in [1.54, 1.807) is 0 Å². The molecule has 128 valence electrons. The standard InChI is InChI=1S/C24H21NO/c1-3-7-19(8-4-1)11-18-24(20-12-13-20)25-21-14-16-23(17-15-21)26-22-9-5-2-6-10-22/h1-11,14-18,20H,12-13H2/b18-11+,25-24?. The molecule has 1 saturated carbocycles. The highest BCUT2D eigenvalue weighted by Crippen LogP contribution is 2.33. The van der Waals surface area contributed by atoms with E-state index in [9.17, 15) is 0 Å².